The standard InChI is InChI=1S/C19H23IO8S/c1-11(21)26-16-10-25-19(18(28-13(3)23)17(16)27-12(2)22)29(24)9-8-14-6-4-5-7-15(14)20/h4-7,16-19H,8-10H2,1-3H3/t16-,17+,18-,19?,29?/m1/s1. The van der Waals surface area contributed by atoms with Crippen LogP contribution in [-0.2, 0) is 50.9 Å². The molecule has 1 saturated heterocycles. The Hall–Kier alpha value is -1.37. The lowest BCUT2D eigenvalue weighted by Gasteiger charge is -2.40. The molecular formula is C19H23IO8S. The third kappa shape index (κ3) is 7.12. The zero-order valence-electron chi connectivity index (χ0n) is 16.3. The zero-order chi connectivity index (χ0) is 21.6. The number of carbonyl (C=O) groups excluding carboxylic acids is 3. The maximum absolute atomic E-state index is 13.0. The first kappa shape index (κ1) is 23.9. The molecule has 10 heteroatoms. The normalized spacial score (nSPS) is 25.0. The Morgan fingerprint density at radius 3 is 2.24 bits per heavy atom. The molecule has 0 saturated carbocycles. The van der Waals surface area contributed by atoms with Crippen LogP contribution in [0.4, 0.5) is 0 Å². The minimum Gasteiger partial charge on any atom is -0.614 e. The highest BCUT2D eigenvalue weighted by Gasteiger charge is 2.51. The summed E-state index contributed by atoms with van der Waals surface area (Å²) in [5.41, 5.74) is 0.0204. The lowest BCUT2D eigenvalue weighted by Crippen LogP contribution is -2.59. The first-order valence-electron chi connectivity index (χ1n) is 8.93. The Morgan fingerprint density at radius 1 is 1.07 bits per heavy atom. The molecule has 0 radical (unpaired) electrons. The van der Waals surface area contributed by atoms with Crippen LogP contribution in [0, 0.1) is 3.57 Å². The molecule has 2 unspecified atom stereocenters. The highest BCUT2D eigenvalue weighted by Crippen LogP contribution is 2.28. The average molecular weight is 538 g/mol. The summed E-state index contributed by atoms with van der Waals surface area (Å²) in [7, 11) is 0. The van der Waals surface area contributed by atoms with Crippen LogP contribution in [0.2, 0.25) is 0 Å². The van der Waals surface area contributed by atoms with Gasteiger partial charge in [0.2, 0.25) is 6.10 Å². The molecular weight excluding hydrogens is 515 g/mol. The molecule has 0 aliphatic carbocycles. The molecule has 29 heavy (non-hydrogen) atoms. The van der Waals surface area contributed by atoms with E-state index in [-0.39, 0.29) is 12.4 Å². The minimum atomic E-state index is -1.56. The van der Waals surface area contributed by atoms with Gasteiger partial charge in [0.05, 0.1) is 6.61 Å². The first-order chi connectivity index (χ1) is 13.7. The summed E-state index contributed by atoms with van der Waals surface area (Å²) in [4.78, 5) is 34.6. The predicted octanol–water partition coefficient (Wildman–Crippen LogP) is 1.73. The van der Waals surface area contributed by atoms with Crippen molar-refractivity contribution in [3.05, 3.63) is 33.4 Å². The van der Waals surface area contributed by atoms with Crippen molar-refractivity contribution in [2.24, 2.45) is 0 Å². The number of benzene rings is 1. The lowest BCUT2D eigenvalue weighted by atomic mass is 10.1. The summed E-state index contributed by atoms with van der Waals surface area (Å²) in [6, 6.07) is 7.72. The highest BCUT2D eigenvalue weighted by molar-refractivity contribution is 14.1. The maximum Gasteiger partial charge on any atom is 0.303 e. The molecule has 0 bridgehead atoms. The summed E-state index contributed by atoms with van der Waals surface area (Å²) in [5.74, 6) is -1.64. The SMILES string of the molecule is CC(=O)O[C@H]1[C@H](OC(C)=O)COC([S+]([O-])CCc2ccccc2I)[C@@H]1OC(C)=O. The van der Waals surface area contributed by atoms with Crippen molar-refractivity contribution in [1.29, 1.82) is 0 Å². The smallest absolute Gasteiger partial charge is 0.303 e. The van der Waals surface area contributed by atoms with Gasteiger partial charge in [-0.3, -0.25) is 14.4 Å². The van der Waals surface area contributed by atoms with Gasteiger partial charge in [0.1, 0.15) is 5.75 Å². The van der Waals surface area contributed by atoms with Gasteiger partial charge in [0, 0.05) is 30.8 Å². The molecule has 1 aromatic rings. The topological polar surface area (TPSA) is 111 Å². The second-order valence-electron chi connectivity index (χ2n) is 6.42. The van der Waals surface area contributed by atoms with Crippen LogP contribution in [0.15, 0.2) is 24.3 Å². The summed E-state index contributed by atoms with van der Waals surface area (Å²) in [5, 5.41) is 0. The van der Waals surface area contributed by atoms with Gasteiger partial charge >= 0.3 is 17.9 Å². The Morgan fingerprint density at radius 2 is 1.66 bits per heavy atom. The molecule has 0 N–H and O–H groups in total. The van der Waals surface area contributed by atoms with Crippen molar-refractivity contribution < 1.29 is 37.9 Å². The molecule has 2 rings (SSSR count). The Labute approximate surface area is 185 Å². The predicted molar refractivity (Wildman–Crippen MR) is 112 cm³/mol. The molecule has 5 atom stereocenters. The Balaban J connectivity index is 2.19. The van der Waals surface area contributed by atoms with Gasteiger partial charge in [-0.2, -0.15) is 0 Å². The molecule has 160 valence electrons. The lowest BCUT2D eigenvalue weighted by molar-refractivity contribution is -0.214. The van der Waals surface area contributed by atoms with Gasteiger partial charge in [-0.25, -0.2) is 0 Å². The summed E-state index contributed by atoms with van der Waals surface area (Å²) in [6.45, 7) is 3.45. The van der Waals surface area contributed by atoms with Crippen molar-refractivity contribution in [2.75, 3.05) is 12.4 Å². The van der Waals surface area contributed by atoms with E-state index in [0.717, 1.165) is 9.13 Å². The van der Waals surface area contributed by atoms with Crippen molar-refractivity contribution in [1.82, 2.24) is 0 Å². The number of rotatable bonds is 7. The van der Waals surface area contributed by atoms with E-state index in [4.69, 9.17) is 18.9 Å². The van der Waals surface area contributed by atoms with Crippen molar-refractivity contribution in [3.8, 4) is 0 Å². The Bertz CT molecular complexity index is 743. The molecule has 0 spiro atoms. The summed E-state index contributed by atoms with van der Waals surface area (Å²) in [6.07, 6.45) is -2.71. The average Bonchev–Trinajstić information content (AvgIpc) is 2.62. The third-order valence-corrected chi connectivity index (χ3v) is 6.68. The van der Waals surface area contributed by atoms with Crippen LogP contribution in [0.25, 0.3) is 0 Å². The van der Waals surface area contributed by atoms with E-state index in [1.165, 1.54) is 20.8 Å². The molecule has 8 nitrogen and oxygen atoms in total. The van der Waals surface area contributed by atoms with Gasteiger partial charge in [0.15, 0.2) is 12.2 Å². The molecule has 0 aromatic heterocycles. The van der Waals surface area contributed by atoms with E-state index in [1.54, 1.807) is 0 Å². The number of ether oxygens (including phenoxy) is 4. The van der Waals surface area contributed by atoms with Crippen molar-refractivity contribution in [3.63, 3.8) is 0 Å². The molecule has 1 aromatic carbocycles. The summed E-state index contributed by atoms with van der Waals surface area (Å²) < 4.78 is 35.4. The fourth-order valence-electron chi connectivity index (χ4n) is 2.96. The van der Waals surface area contributed by atoms with Crippen LogP contribution in [-0.4, -0.2) is 58.6 Å². The van der Waals surface area contributed by atoms with Gasteiger partial charge in [-0.15, -0.1) is 0 Å². The number of hydrogen-bond acceptors (Lipinski definition) is 8. The second-order valence-corrected chi connectivity index (χ2v) is 9.22. The largest absolute Gasteiger partial charge is 0.614 e. The number of carbonyl (C=O) groups is 3. The van der Waals surface area contributed by atoms with E-state index < -0.39 is 52.8 Å². The van der Waals surface area contributed by atoms with E-state index in [2.05, 4.69) is 22.6 Å². The van der Waals surface area contributed by atoms with Crippen LogP contribution >= 0.6 is 22.6 Å². The van der Waals surface area contributed by atoms with Gasteiger partial charge < -0.3 is 23.5 Å². The van der Waals surface area contributed by atoms with Gasteiger partial charge in [0.25, 0.3) is 5.44 Å². The fourth-order valence-corrected chi connectivity index (χ4v) is 5.01. The highest BCUT2D eigenvalue weighted by atomic mass is 127. The van der Waals surface area contributed by atoms with Crippen LogP contribution in [0.5, 0.6) is 0 Å². The van der Waals surface area contributed by atoms with E-state index in [1.807, 2.05) is 24.3 Å². The summed E-state index contributed by atoms with van der Waals surface area (Å²) >= 11 is 0.647. The van der Waals surface area contributed by atoms with Gasteiger partial charge in [-0.05, 0) is 45.4 Å². The number of halogens is 1. The first-order valence-corrected chi connectivity index (χ1v) is 11.4. The van der Waals surface area contributed by atoms with Gasteiger partial charge in [-0.1, -0.05) is 18.2 Å². The number of esters is 3. The number of aryl methyl sites for hydroxylation is 1. The maximum atomic E-state index is 13.0. The zero-order valence-corrected chi connectivity index (χ0v) is 19.3. The quantitative estimate of drug-likeness (QED) is 0.224. The van der Waals surface area contributed by atoms with Crippen LogP contribution in [0.1, 0.15) is 26.3 Å². The van der Waals surface area contributed by atoms with E-state index >= 15 is 0 Å². The fraction of sp³-hybridized carbons (Fsp3) is 0.526. The number of hydrogen-bond donors (Lipinski definition) is 0. The van der Waals surface area contributed by atoms with E-state index in [9.17, 15) is 18.9 Å². The van der Waals surface area contributed by atoms with Crippen LogP contribution in [0.3, 0.4) is 0 Å². The van der Waals surface area contributed by atoms with Crippen molar-refractivity contribution in [2.45, 2.75) is 50.9 Å². The van der Waals surface area contributed by atoms with Crippen LogP contribution < -0.4 is 0 Å². The molecule has 1 heterocycles. The third-order valence-electron chi connectivity index (χ3n) is 4.09. The second kappa shape index (κ2) is 11.1. The minimum absolute atomic E-state index is 0.130. The van der Waals surface area contributed by atoms with Crippen molar-refractivity contribution >= 4 is 51.7 Å². The Kier molecular flexibility index (Phi) is 9.18. The molecule has 1 fully saturated rings. The molecule has 1 aliphatic rings. The monoisotopic (exact) mass is 538 g/mol. The van der Waals surface area contributed by atoms with E-state index in [0.29, 0.717) is 6.42 Å². The molecule has 0 amide bonds. The molecule has 1 aliphatic heterocycles.